The standard InChI is InChI=1S/C86H52N6S2/c1-3-17-53(18-4-1)81-87-83(91-85(89-81)61-23-13-21-59(47-61)63-29-15-31-71-65-25-9-11-33-75(65)93-79(63)71)55-39-35-51(36-40-55)57-43-45-69-73(49-57)77-67-27-7-8-28-68(67)78(69)74-50-58(44-46-70(74)77)52-37-41-56(42-38-52)84-88-82(54-19-5-2-6-20-54)90-86(92-84)62-24-14-22-60(48-62)64-30-16-32-72-66-26-10-12-34-76(66)94-80(64)72/h1-50,77-78H. The molecule has 20 rings (SSSR count). The molecular weight excluding hydrogens is 1180 g/mol. The summed E-state index contributed by atoms with van der Waals surface area (Å²) in [5.41, 5.74) is 23.1. The molecule has 4 heterocycles. The van der Waals surface area contributed by atoms with Gasteiger partial charge in [0.25, 0.3) is 0 Å². The molecule has 0 radical (unpaired) electrons. The predicted octanol–water partition coefficient (Wildman–Crippen LogP) is 22.4. The minimum Gasteiger partial charge on any atom is -0.208 e. The molecule has 0 aliphatic heterocycles. The molecule has 0 spiro atoms. The maximum absolute atomic E-state index is 5.22. The third kappa shape index (κ3) is 9.13. The molecule has 2 atom stereocenters. The highest BCUT2D eigenvalue weighted by Crippen LogP contribution is 2.57. The molecule has 0 N–H and O–H groups in total. The van der Waals surface area contributed by atoms with Crippen LogP contribution in [0.25, 0.3) is 153 Å². The van der Waals surface area contributed by atoms with E-state index in [1.807, 2.05) is 59.1 Å². The smallest absolute Gasteiger partial charge is 0.164 e. The number of benzene rings is 13. The van der Waals surface area contributed by atoms with Gasteiger partial charge in [-0.15, -0.1) is 22.7 Å². The number of hydrogen-bond donors (Lipinski definition) is 0. The Morgan fingerprint density at radius 2 is 0.489 bits per heavy atom. The van der Waals surface area contributed by atoms with Crippen molar-refractivity contribution in [2.75, 3.05) is 0 Å². The lowest BCUT2D eigenvalue weighted by molar-refractivity contribution is 0.755. The van der Waals surface area contributed by atoms with Crippen molar-refractivity contribution in [1.82, 2.24) is 29.9 Å². The molecule has 0 saturated heterocycles. The van der Waals surface area contributed by atoms with Gasteiger partial charge < -0.3 is 0 Å². The summed E-state index contributed by atoms with van der Waals surface area (Å²) in [6, 6.07) is 109. The molecule has 6 nitrogen and oxygen atoms in total. The number of rotatable bonds is 10. The third-order valence-electron chi connectivity index (χ3n) is 19.0. The molecule has 2 unspecified atom stereocenters. The van der Waals surface area contributed by atoms with Crippen molar-refractivity contribution in [3.05, 3.63) is 337 Å². The van der Waals surface area contributed by atoms with E-state index in [1.54, 1.807) is 0 Å². The van der Waals surface area contributed by atoms with E-state index in [-0.39, 0.29) is 11.8 Å². The van der Waals surface area contributed by atoms with Crippen molar-refractivity contribution in [2.45, 2.75) is 11.8 Å². The Labute approximate surface area is 550 Å². The zero-order valence-electron chi connectivity index (χ0n) is 50.5. The van der Waals surface area contributed by atoms with Gasteiger partial charge in [-0.05, 0) is 114 Å². The summed E-state index contributed by atoms with van der Waals surface area (Å²) in [6.45, 7) is 0. The lowest BCUT2D eigenvalue weighted by Gasteiger charge is -2.42. The van der Waals surface area contributed by atoms with Crippen LogP contribution in [0.5, 0.6) is 0 Å². The van der Waals surface area contributed by atoms with Crippen LogP contribution in [-0.4, -0.2) is 29.9 Å². The molecule has 17 aromatic rings. The van der Waals surface area contributed by atoms with Crippen molar-refractivity contribution >= 4 is 63.0 Å². The van der Waals surface area contributed by atoms with Gasteiger partial charge in [0.05, 0.1) is 0 Å². The fraction of sp³-hybridized carbons (Fsp3) is 0.0233. The van der Waals surface area contributed by atoms with Crippen molar-refractivity contribution < 1.29 is 0 Å². The van der Waals surface area contributed by atoms with Crippen LogP contribution in [0.3, 0.4) is 0 Å². The molecule has 0 saturated carbocycles. The maximum atomic E-state index is 5.22. The highest BCUT2D eigenvalue weighted by Gasteiger charge is 2.41. The lowest BCUT2D eigenvalue weighted by Crippen LogP contribution is -2.27. The molecule has 0 amide bonds. The predicted molar refractivity (Wildman–Crippen MR) is 388 cm³/mol. The van der Waals surface area contributed by atoms with Crippen LogP contribution in [0.4, 0.5) is 0 Å². The highest BCUT2D eigenvalue weighted by atomic mass is 32.1. The Bertz CT molecular complexity index is 5520. The van der Waals surface area contributed by atoms with Gasteiger partial charge in [0.1, 0.15) is 0 Å². The summed E-state index contributed by atoms with van der Waals surface area (Å²) >= 11 is 3.68. The van der Waals surface area contributed by atoms with E-state index >= 15 is 0 Å². The van der Waals surface area contributed by atoms with Gasteiger partial charge in [-0.2, -0.15) is 0 Å². The van der Waals surface area contributed by atoms with Crippen LogP contribution in [0, 0.1) is 0 Å². The van der Waals surface area contributed by atoms with E-state index in [0.29, 0.717) is 34.9 Å². The van der Waals surface area contributed by atoms with E-state index in [4.69, 9.17) is 29.9 Å². The molecule has 2 bridgehead atoms. The van der Waals surface area contributed by atoms with Crippen molar-refractivity contribution in [2.24, 2.45) is 0 Å². The van der Waals surface area contributed by atoms with Gasteiger partial charge in [-0.1, -0.05) is 267 Å². The average molecular weight is 1230 g/mol. The van der Waals surface area contributed by atoms with E-state index in [2.05, 4.69) is 267 Å². The molecule has 438 valence electrons. The lowest BCUT2D eigenvalue weighted by atomic mass is 9.60. The summed E-state index contributed by atoms with van der Waals surface area (Å²) < 4.78 is 5.13. The van der Waals surface area contributed by atoms with Crippen LogP contribution in [-0.2, 0) is 0 Å². The zero-order chi connectivity index (χ0) is 61.8. The fourth-order valence-electron chi connectivity index (χ4n) is 14.5. The maximum Gasteiger partial charge on any atom is 0.164 e. The Morgan fingerprint density at radius 3 is 0.915 bits per heavy atom. The van der Waals surface area contributed by atoms with Crippen LogP contribution in [0.2, 0.25) is 0 Å². The highest BCUT2D eigenvalue weighted by molar-refractivity contribution is 7.26. The Hall–Kier alpha value is -11.7. The zero-order valence-corrected chi connectivity index (χ0v) is 52.2. The van der Waals surface area contributed by atoms with Gasteiger partial charge in [-0.3, -0.25) is 0 Å². The first-order chi connectivity index (χ1) is 46.5. The summed E-state index contributed by atoms with van der Waals surface area (Å²) in [5.74, 6) is 3.99. The van der Waals surface area contributed by atoms with Gasteiger partial charge in [0.15, 0.2) is 34.9 Å². The first-order valence-corrected chi connectivity index (χ1v) is 33.4. The van der Waals surface area contributed by atoms with Crippen LogP contribution in [0.1, 0.15) is 45.2 Å². The Kier molecular flexibility index (Phi) is 12.7. The minimum absolute atomic E-state index is 0.0975. The van der Waals surface area contributed by atoms with Gasteiger partial charge in [0.2, 0.25) is 0 Å². The SMILES string of the molecule is c1ccc(-c2nc(-c3ccc(-c4ccc5c(c4)C4c6ccccc6C5c5cc(-c6ccc(-c7nc(-c8ccccc8)nc(-c8cccc(-c9cccc%10c9sc9ccccc9%10)c8)n7)cc6)ccc54)cc3)nc(-c3cccc(-c4cccc5c4sc4ccccc45)c3)n2)cc1. The molecular formula is C86H52N6S2. The number of nitrogens with zero attached hydrogens (tertiary/aromatic N) is 6. The summed E-state index contributed by atoms with van der Waals surface area (Å²) in [5, 5.41) is 5.12. The van der Waals surface area contributed by atoms with Crippen molar-refractivity contribution in [3.63, 3.8) is 0 Å². The summed E-state index contributed by atoms with van der Waals surface area (Å²) in [7, 11) is 0. The molecule has 13 aromatic carbocycles. The minimum atomic E-state index is 0.0975. The van der Waals surface area contributed by atoms with Crippen molar-refractivity contribution in [3.8, 4) is 113 Å². The average Bonchev–Trinajstić information content (AvgIpc) is 0.924. The Morgan fingerprint density at radius 1 is 0.191 bits per heavy atom. The number of aromatic nitrogens is 6. The monoisotopic (exact) mass is 1230 g/mol. The topological polar surface area (TPSA) is 77.3 Å². The number of thiophene rings is 2. The molecule has 0 fully saturated rings. The molecule has 8 heteroatoms. The fourth-order valence-corrected chi connectivity index (χ4v) is 17.0. The second-order valence-electron chi connectivity index (χ2n) is 24.4. The van der Waals surface area contributed by atoms with E-state index < -0.39 is 0 Å². The molecule has 94 heavy (non-hydrogen) atoms. The first-order valence-electron chi connectivity index (χ1n) is 31.8. The van der Waals surface area contributed by atoms with Crippen molar-refractivity contribution in [1.29, 1.82) is 0 Å². The van der Waals surface area contributed by atoms with Gasteiger partial charge in [0, 0.05) is 85.6 Å². The van der Waals surface area contributed by atoms with E-state index in [0.717, 1.165) is 55.6 Å². The van der Waals surface area contributed by atoms with E-state index in [9.17, 15) is 0 Å². The van der Waals surface area contributed by atoms with E-state index in [1.165, 1.54) is 96.0 Å². The Balaban J connectivity index is 0.626. The van der Waals surface area contributed by atoms with Crippen LogP contribution >= 0.6 is 22.7 Å². The quantitative estimate of drug-likeness (QED) is 0.136. The molecule has 3 aliphatic carbocycles. The number of hydrogen-bond acceptors (Lipinski definition) is 8. The summed E-state index contributed by atoms with van der Waals surface area (Å²) in [4.78, 5) is 31.0. The van der Waals surface area contributed by atoms with Gasteiger partial charge >= 0.3 is 0 Å². The number of fused-ring (bicyclic) bond motifs is 6. The summed E-state index contributed by atoms with van der Waals surface area (Å²) in [6.07, 6.45) is 0. The van der Waals surface area contributed by atoms with Crippen LogP contribution in [0.15, 0.2) is 303 Å². The third-order valence-corrected chi connectivity index (χ3v) is 21.4. The molecule has 4 aromatic heterocycles. The van der Waals surface area contributed by atoms with Gasteiger partial charge in [-0.25, -0.2) is 29.9 Å². The largest absolute Gasteiger partial charge is 0.208 e. The van der Waals surface area contributed by atoms with Crippen LogP contribution < -0.4 is 0 Å². The second-order valence-corrected chi connectivity index (χ2v) is 26.5. The second kappa shape index (κ2) is 22.0. The first kappa shape index (κ1) is 54.1. The molecule has 3 aliphatic rings. The normalized spacial score (nSPS) is 13.7.